The van der Waals surface area contributed by atoms with E-state index in [1.807, 2.05) is 0 Å². The first-order chi connectivity index (χ1) is 9.00. The predicted molar refractivity (Wildman–Crippen MR) is 79.2 cm³/mol. The first kappa shape index (κ1) is 17.4. The van der Waals surface area contributed by atoms with Gasteiger partial charge in [-0.1, -0.05) is 0 Å². The van der Waals surface area contributed by atoms with Crippen molar-refractivity contribution in [3.63, 3.8) is 0 Å². The topological polar surface area (TPSA) is 97.4 Å². The lowest BCUT2D eigenvalue weighted by Crippen LogP contribution is -2.28. The third kappa shape index (κ3) is 5.39. The van der Waals surface area contributed by atoms with Gasteiger partial charge in [-0.3, -0.25) is 4.79 Å². The summed E-state index contributed by atoms with van der Waals surface area (Å²) in [5, 5.41) is 2.38. The summed E-state index contributed by atoms with van der Waals surface area (Å²) in [6.45, 7) is -0.0588. The largest absolute Gasteiger partial charge is 0.351 e. The fourth-order valence-corrected chi connectivity index (χ4v) is 3.87. The molecule has 0 saturated heterocycles. The van der Waals surface area contributed by atoms with Gasteiger partial charge in [-0.2, -0.15) is 0 Å². The van der Waals surface area contributed by atoms with Gasteiger partial charge in [0.05, 0.1) is 10.6 Å². The SMILES string of the molecule is CS(=O)(=O)CCNC(=O)c1ccc(Br)c(S(=O)(=O)Cl)c1. The van der Waals surface area contributed by atoms with E-state index < -0.39 is 24.8 Å². The Bertz CT molecular complexity index is 730. The van der Waals surface area contributed by atoms with Crippen LogP contribution in [0.25, 0.3) is 0 Å². The number of rotatable bonds is 5. The minimum absolute atomic E-state index is 0.0588. The molecule has 0 aliphatic carbocycles. The maximum Gasteiger partial charge on any atom is 0.262 e. The van der Waals surface area contributed by atoms with Crippen LogP contribution in [0.3, 0.4) is 0 Å². The van der Waals surface area contributed by atoms with Crippen molar-refractivity contribution in [1.29, 1.82) is 0 Å². The van der Waals surface area contributed by atoms with E-state index in [2.05, 4.69) is 21.2 Å². The Morgan fingerprint density at radius 2 is 1.90 bits per heavy atom. The van der Waals surface area contributed by atoms with Crippen molar-refractivity contribution in [2.75, 3.05) is 18.6 Å². The Kier molecular flexibility index (Phi) is 5.59. The van der Waals surface area contributed by atoms with Crippen molar-refractivity contribution in [3.8, 4) is 0 Å². The number of carbonyl (C=O) groups is 1. The summed E-state index contributed by atoms with van der Waals surface area (Å²) < 4.78 is 44.7. The number of halogens is 2. The first-order valence-corrected chi connectivity index (χ1v) is 10.4. The van der Waals surface area contributed by atoms with Crippen LogP contribution in [0.4, 0.5) is 0 Å². The number of hydrogen-bond acceptors (Lipinski definition) is 5. The van der Waals surface area contributed by atoms with Crippen molar-refractivity contribution in [3.05, 3.63) is 28.2 Å². The average Bonchev–Trinajstić information content (AvgIpc) is 2.26. The molecule has 0 bridgehead atoms. The summed E-state index contributed by atoms with van der Waals surface area (Å²) in [6.07, 6.45) is 1.05. The molecule has 0 aromatic heterocycles. The molecule has 1 amide bonds. The molecule has 6 nitrogen and oxygen atoms in total. The summed E-state index contributed by atoms with van der Waals surface area (Å²) in [5.41, 5.74) is 0.0703. The predicted octanol–water partition coefficient (Wildman–Crippen LogP) is 1.15. The molecule has 20 heavy (non-hydrogen) atoms. The lowest BCUT2D eigenvalue weighted by molar-refractivity contribution is 0.0956. The molecule has 112 valence electrons. The van der Waals surface area contributed by atoms with Crippen molar-refractivity contribution in [2.24, 2.45) is 0 Å². The molecule has 1 aromatic rings. The Morgan fingerprint density at radius 1 is 1.30 bits per heavy atom. The average molecular weight is 405 g/mol. The minimum atomic E-state index is -3.98. The Hall–Kier alpha value is -0.640. The van der Waals surface area contributed by atoms with Crippen molar-refractivity contribution >= 4 is 51.4 Å². The molecule has 1 aromatic carbocycles. The molecule has 0 unspecified atom stereocenters. The third-order valence-electron chi connectivity index (χ3n) is 2.21. The number of carbonyl (C=O) groups excluding carboxylic acids is 1. The van der Waals surface area contributed by atoms with Gasteiger partial charge in [0, 0.05) is 33.5 Å². The van der Waals surface area contributed by atoms with Crippen LogP contribution in [0.15, 0.2) is 27.6 Å². The third-order valence-corrected chi connectivity index (χ3v) is 5.48. The normalized spacial score (nSPS) is 12.2. The van der Waals surface area contributed by atoms with Crippen LogP contribution in [0.5, 0.6) is 0 Å². The maximum atomic E-state index is 11.8. The van der Waals surface area contributed by atoms with Crippen molar-refractivity contribution < 1.29 is 21.6 Å². The molecule has 10 heteroatoms. The van der Waals surface area contributed by atoms with Gasteiger partial charge < -0.3 is 5.32 Å². The minimum Gasteiger partial charge on any atom is -0.351 e. The lowest BCUT2D eigenvalue weighted by atomic mass is 10.2. The molecule has 0 fully saturated rings. The second-order valence-corrected chi connectivity index (χ2v) is 9.62. The molecule has 1 rings (SSSR count). The van der Waals surface area contributed by atoms with Crippen molar-refractivity contribution in [2.45, 2.75) is 4.90 Å². The molecule has 0 aliphatic heterocycles. The molecular formula is C10H11BrClNO5S2. The highest BCUT2D eigenvalue weighted by atomic mass is 79.9. The van der Waals surface area contributed by atoms with Gasteiger partial charge in [-0.15, -0.1) is 0 Å². The van der Waals surface area contributed by atoms with Crippen LogP contribution < -0.4 is 5.32 Å². The quantitative estimate of drug-likeness (QED) is 0.743. The number of nitrogens with one attached hydrogen (secondary N) is 1. The van der Waals surface area contributed by atoms with E-state index in [9.17, 15) is 21.6 Å². The number of sulfone groups is 1. The Morgan fingerprint density at radius 3 is 2.40 bits per heavy atom. The van der Waals surface area contributed by atoms with Gasteiger partial charge in [0.15, 0.2) is 0 Å². The second kappa shape index (κ2) is 6.42. The van der Waals surface area contributed by atoms with Gasteiger partial charge in [0.1, 0.15) is 9.84 Å². The smallest absolute Gasteiger partial charge is 0.262 e. The Labute approximate surface area is 130 Å². The summed E-state index contributed by atoms with van der Waals surface area (Å²) in [4.78, 5) is 11.5. The monoisotopic (exact) mass is 403 g/mol. The van der Waals surface area contributed by atoms with Crippen molar-refractivity contribution in [1.82, 2.24) is 5.32 Å². The first-order valence-electron chi connectivity index (χ1n) is 5.21. The van der Waals surface area contributed by atoms with Crippen LogP contribution in [0.1, 0.15) is 10.4 Å². The van der Waals surface area contributed by atoms with Gasteiger partial charge in [0.2, 0.25) is 0 Å². The van der Waals surface area contributed by atoms with Crippen LogP contribution in [-0.4, -0.2) is 41.3 Å². The van der Waals surface area contributed by atoms with E-state index in [4.69, 9.17) is 10.7 Å². The zero-order valence-electron chi connectivity index (χ0n) is 10.3. The standard InChI is InChI=1S/C10H11BrClNO5S2/c1-19(15,16)5-4-13-10(14)7-2-3-8(11)9(6-7)20(12,17)18/h2-3,6H,4-5H2,1H3,(H,13,14). The molecule has 0 aliphatic rings. The number of amides is 1. The van der Waals surface area contributed by atoms with E-state index in [0.29, 0.717) is 0 Å². The molecule has 0 saturated carbocycles. The zero-order chi connectivity index (χ0) is 15.6. The molecular weight excluding hydrogens is 394 g/mol. The van der Waals surface area contributed by atoms with E-state index in [1.54, 1.807) is 0 Å². The fraction of sp³-hybridized carbons (Fsp3) is 0.300. The highest BCUT2D eigenvalue weighted by molar-refractivity contribution is 9.10. The van der Waals surface area contributed by atoms with Gasteiger partial charge in [0.25, 0.3) is 15.0 Å². The zero-order valence-corrected chi connectivity index (χ0v) is 14.2. The van der Waals surface area contributed by atoms with Crippen LogP contribution in [0, 0.1) is 0 Å². The van der Waals surface area contributed by atoms with E-state index in [-0.39, 0.29) is 27.2 Å². The fourth-order valence-electron chi connectivity index (χ4n) is 1.28. The van der Waals surface area contributed by atoms with E-state index >= 15 is 0 Å². The highest BCUT2D eigenvalue weighted by Gasteiger charge is 2.17. The van der Waals surface area contributed by atoms with Gasteiger partial charge in [-0.25, -0.2) is 16.8 Å². The summed E-state index contributed by atoms with van der Waals surface area (Å²) in [6, 6.07) is 3.88. The van der Waals surface area contributed by atoms with Crippen LogP contribution in [0.2, 0.25) is 0 Å². The molecule has 0 spiro atoms. The molecule has 1 N–H and O–H groups in total. The van der Waals surface area contributed by atoms with E-state index in [0.717, 1.165) is 12.3 Å². The second-order valence-electron chi connectivity index (χ2n) is 3.97. The Balaban J connectivity index is 2.90. The van der Waals surface area contributed by atoms with Gasteiger partial charge >= 0.3 is 0 Å². The lowest BCUT2D eigenvalue weighted by Gasteiger charge is -2.06. The summed E-state index contributed by atoms with van der Waals surface area (Å²) in [7, 11) is -1.93. The highest BCUT2D eigenvalue weighted by Crippen LogP contribution is 2.26. The summed E-state index contributed by atoms with van der Waals surface area (Å²) >= 11 is 3.02. The molecule has 0 atom stereocenters. The van der Waals surface area contributed by atoms with Crippen LogP contribution >= 0.6 is 26.6 Å². The van der Waals surface area contributed by atoms with E-state index in [1.165, 1.54) is 12.1 Å². The van der Waals surface area contributed by atoms with Crippen LogP contribution in [-0.2, 0) is 18.9 Å². The number of benzene rings is 1. The molecule has 0 radical (unpaired) electrons. The number of hydrogen-bond donors (Lipinski definition) is 1. The molecule has 0 heterocycles. The van der Waals surface area contributed by atoms with Gasteiger partial charge in [-0.05, 0) is 34.1 Å². The maximum absolute atomic E-state index is 11.8. The summed E-state index contributed by atoms with van der Waals surface area (Å²) in [5.74, 6) is -0.779.